The Morgan fingerprint density at radius 2 is 1.62 bits per heavy atom. The van der Waals surface area contributed by atoms with E-state index in [9.17, 15) is 24.3 Å². The molecule has 2 aromatic rings. The molecule has 1 N–H and O–H groups in total. The van der Waals surface area contributed by atoms with Gasteiger partial charge in [0.15, 0.2) is 30.3 Å². The second kappa shape index (κ2) is 19.6. The molecular formula is C55H71NO17. The smallest absolute Gasteiger partial charge is 0.413 e. The number of hydrogen-bond acceptors (Lipinski definition) is 17. The van der Waals surface area contributed by atoms with Gasteiger partial charge in [-0.05, 0) is 81.5 Å². The number of methoxy groups -OCH3 is 2. The van der Waals surface area contributed by atoms with E-state index in [-0.39, 0.29) is 30.9 Å². The van der Waals surface area contributed by atoms with Crippen LogP contribution in [0, 0.1) is 22.7 Å². The van der Waals surface area contributed by atoms with Crippen LogP contribution in [0.5, 0.6) is 11.5 Å². The highest BCUT2D eigenvalue weighted by molar-refractivity contribution is 5.89. The Labute approximate surface area is 426 Å². The molecule has 0 radical (unpaired) electrons. The molecular weight excluding hydrogens is 947 g/mol. The van der Waals surface area contributed by atoms with Crippen molar-refractivity contribution in [1.29, 1.82) is 0 Å². The number of aliphatic hydroxyl groups is 1. The van der Waals surface area contributed by atoms with Gasteiger partial charge in [-0.25, -0.2) is 14.4 Å². The van der Waals surface area contributed by atoms with Crippen LogP contribution in [-0.2, 0) is 57.0 Å². The molecule has 4 unspecified atom stereocenters. The lowest BCUT2D eigenvalue weighted by molar-refractivity contribution is -0.405. The minimum absolute atomic E-state index is 0.0853. The first-order valence-electron chi connectivity index (χ1n) is 25.0. The van der Waals surface area contributed by atoms with E-state index >= 15 is 4.79 Å². The maximum Gasteiger partial charge on any atom is 0.413 e. The van der Waals surface area contributed by atoms with E-state index in [0.717, 1.165) is 0 Å². The van der Waals surface area contributed by atoms with E-state index in [0.29, 0.717) is 28.2 Å². The van der Waals surface area contributed by atoms with E-state index in [4.69, 9.17) is 52.1 Å². The van der Waals surface area contributed by atoms with Gasteiger partial charge in [-0.1, -0.05) is 59.4 Å². The Hall–Kier alpha value is -5.53. The highest BCUT2D eigenvalue weighted by atomic mass is 16.7. The minimum Gasteiger partial charge on any atom is -0.497 e. The number of carbonyl (C=O) groups excluding carboxylic acids is 5. The summed E-state index contributed by atoms with van der Waals surface area (Å²) < 4.78 is 69.9. The van der Waals surface area contributed by atoms with Crippen LogP contribution in [0.3, 0.4) is 0 Å². The summed E-state index contributed by atoms with van der Waals surface area (Å²) in [5.74, 6) is -3.52. The van der Waals surface area contributed by atoms with Gasteiger partial charge in [0, 0.05) is 49.1 Å². The van der Waals surface area contributed by atoms with Crippen LogP contribution >= 0.6 is 0 Å². The molecule has 398 valence electrons. The third-order valence-electron chi connectivity index (χ3n) is 15.9. The van der Waals surface area contributed by atoms with Crippen molar-refractivity contribution < 1.29 is 81.2 Å². The summed E-state index contributed by atoms with van der Waals surface area (Å²) in [6.45, 7) is 22.5. The van der Waals surface area contributed by atoms with E-state index in [1.807, 2.05) is 20.8 Å². The van der Waals surface area contributed by atoms with Crippen LogP contribution in [0.15, 0.2) is 72.3 Å². The van der Waals surface area contributed by atoms with E-state index in [2.05, 4.69) is 6.58 Å². The zero-order valence-electron chi connectivity index (χ0n) is 44.1. The molecule has 6 aliphatic rings. The number of benzene rings is 2. The molecule has 2 saturated carbocycles. The third-order valence-corrected chi connectivity index (χ3v) is 15.9. The number of nitrogens with zero attached hydrogens (tertiary/aromatic N) is 1. The Morgan fingerprint density at radius 3 is 2.19 bits per heavy atom. The van der Waals surface area contributed by atoms with Crippen LogP contribution in [0.4, 0.5) is 4.79 Å². The Balaban J connectivity index is 1.32. The normalized spacial score (nSPS) is 35.2. The lowest BCUT2D eigenvalue weighted by atomic mass is 9.44. The Morgan fingerprint density at radius 1 is 0.918 bits per heavy atom. The summed E-state index contributed by atoms with van der Waals surface area (Å²) in [4.78, 5) is 73.0. The van der Waals surface area contributed by atoms with Crippen LogP contribution in [0.25, 0.3) is 0 Å². The van der Waals surface area contributed by atoms with Crippen molar-refractivity contribution in [1.82, 2.24) is 4.90 Å². The Bertz CT molecular complexity index is 2520. The highest BCUT2D eigenvalue weighted by Gasteiger charge is 2.80. The summed E-state index contributed by atoms with van der Waals surface area (Å²) in [7, 11) is 2.98. The van der Waals surface area contributed by atoms with Crippen LogP contribution in [-0.4, -0.2) is 133 Å². The van der Waals surface area contributed by atoms with Gasteiger partial charge in [-0.3, -0.25) is 14.5 Å². The molecule has 8 rings (SSSR count). The molecule has 3 aliphatic carbocycles. The van der Waals surface area contributed by atoms with Crippen molar-refractivity contribution in [3.05, 3.63) is 83.5 Å². The number of hydrogen-bond donors (Lipinski definition) is 1. The van der Waals surface area contributed by atoms with Crippen LogP contribution < -0.4 is 9.47 Å². The summed E-state index contributed by atoms with van der Waals surface area (Å²) >= 11 is 0. The molecule has 5 fully saturated rings. The van der Waals surface area contributed by atoms with Crippen molar-refractivity contribution in [3.63, 3.8) is 0 Å². The van der Waals surface area contributed by atoms with Gasteiger partial charge in [-0.2, -0.15) is 0 Å². The number of ether oxygens (including phenoxy) is 11. The molecule has 2 aromatic carbocycles. The summed E-state index contributed by atoms with van der Waals surface area (Å²) in [6, 6.07) is 12.3. The SMILES string of the molecule is C=CC1O[C@H]2C[C@H]3OC[C@@]3(OC(C)=O)C3[C@H](OC(=O)c4ccccc4)C4(O)C[C@H](OC(=O)[C@@H]5OC(c6ccc(OC)cc6OC)N(C(=O)OC(C)(C)C)[C@H]5CC(C)C)C(C)=C([C@H](OC(C)=O)[C@H](O1)[C@@]32C)C4(C)C. The molecule has 14 atom stereocenters. The standard InChI is InChI=1S/C55H71NO17/c1-15-40-68-38-25-39-54(27-65-39,72-31(6)58)44-46(71-48(59)32-19-17-16-18-20-32)55(62)26-37(29(4)41(52(55,10)11)43(66-30(5)57)45(69-40)53(38,44)12)67-49(60)42-35(23-28(2)3)56(50(61)73-51(7,8)9)47(70-42)34-22-21-33(63-13)24-36(34)64-14/h15-22,24,28,35,37-40,42-47,62H,1,23,25-27H2,2-14H3/t35-,37-,38-,39+,40?,42+,43-,44?,45-,46-,47?,53+,54-,55?/m0/s1. The van der Waals surface area contributed by atoms with Crippen molar-refractivity contribution >= 4 is 30.0 Å². The van der Waals surface area contributed by atoms with Crippen LogP contribution in [0.1, 0.15) is 118 Å². The summed E-state index contributed by atoms with van der Waals surface area (Å²) in [5.41, 5.74) is -6.31. The van der Waals surface area contributed by atoms with Gasteiger partial charge >= 0.3 is 30.0 Å². The molecule has 18 nitrogen and oxygen atoms in total. The lowest BCUT2D eigenvalue weighted by Gasteiger charge is -2.71. The van der Waals surface area contributed by atoms with Crippen molar-refractivity contribution in [2.45, 2.75) is 174 Å². The molecule has 3 heterocycles. The van der Waals surface area contributed by atoms with Gasteiger partial charge in [0.05, 0.1) is 44.5 Å². The molecule has 0 aromatic heterocycles. The number of amides is 1. The van der Waals surface area contributed by atoms with Gasteiger partial charge < -0.3 is 57.2 Å². The predicted molar refractivity (Wildman–Crippen MR) is 260 cm³/mol. The van der Waals surface area contributed by atoms with Crippen molar-refractivity contribution in [3.8, 4) is 11.5 Å². The maximum atomic E-state index is 15.4. The van der Waals surface area contributed by atoms with Gasteiger partial charge in [0.25, 0.3) is 0 Å². The maximum absolute atomic E-state index is 15.4. The lowest BCUT2D eigenvalue weighted by Crippen LogP contribution is -2.83. The molecule has 3 saturated heterocycles. The summed E-state index contributed by atoms with van der Waals surface area (Å²) in [6.07, 6.45) is -9.95. The minimum atomic E-state index is -2.24. The third kappa shape index (κ3) is 9.18. The fourth-order valence-corrected chi connectivity index (χ4v) is 12.6. The number of carbonyl (C=O) groups is 5. The molecule has 3 aliphatic heterocycles. The average Bonchev–Trinajstić information content (AvgIpc) is 3.68. The van der Waals surface area contributed by atoms with E-state index in [1.165, 1.54) is 39.0 Å². The first-order valence-corrected chi connectivity index (χ1v) is 25.0. The van der Waals surface area contributed by atoms with Crippen LogP contribution in [0.2, 0.25) is 0 Å². The van der Waals surface area contributed by atoms with Gasteiger partial charge in [0.2, 0.25) is 0 Å². The van der Waals surface area contributed by atoms with Crippen molar-refractivity contribution in [2.75, 3.05) is 20.8 Å². The predicted octanol–water partition coefficient (Wildman–Crippen LogP) is 7.34. The monoisotopic (exact) mass is 1020 g/mol. The Kier molecular flexibility index (Phi) is 14.5. The zero-order valence-corrected chi connectivity index (χ0v) is 44.1. The first-order chi connectivity index (χ1) is 34.3. The number of fused-ring (bicyclic) bond motifs is 4. The quantitative estimate of drug-likeness (QED) is 0.125. The van der Waals surface area contributed by atoms with E-state index in [1.54, 1.807) is 90.1 Å². The topological polar surface area (TPSA) is 210 Å². The van der Waals surface area contributed by atoms with Gasteiger partial charge in [0.1, 0.15) is 47.1 Å². The zero-order chi connectivity index (χ0) is 53.3. The second-order valence-electron chi connectivity index (χ2n) is 22.3. The second-order valence-corrected chi connectivity index (χ2v) is 22.3. The summed E-state index contributed by atoms with van der Waals surface area (Å²) in [5, 5.41) is 14.2. The number of esters is 4. The highest BCUT2D eigenvalue weighted by Crippen LogP contribution is 2.67. The fraction of sp³-hybridized carbons (Fsp3) is 0.618. The molecule has 18 heteroatoms. The molecule has 1 amide bonds. The first kappa shape index (κ1) is 53.8. The average molecular weight is 1020 g/mol. The van der Waals surface area contributed by atoms with Gasteiger partial charge in [-0.15, -0.1) is 0 Å². The fourth-order valence-electron chi connectivity index (χ4n) is 12.6. The van der Waals surface area contributed by atoms with E-state index < -0.39 is 131 Å². The molecule has 0 spiro atoms. The molecule has 2 bridgehead atoms. The number of rotatable bonds is 12. The molecule has 73 heavy (non-hydrogen) atoms. The largest absolute Gasteiger partial charge is 0.497 e. The van der Waals surface area contributed by atoms with Crippen molar-refractivity contribution in [2.24, 2.45) is 22.7 Å².